The molecule has 1 aromatic heterocycles. The highest BCUT2D eigenvalue weighted by atomic mass is 16.5. The highest BCUT2D eigenvalue weighted by Gasteiger charge is 2.30. The van der Waals surface area contributed by atoms with Gasteiger partial charge >= 0.3 is 6.03 Å². The maximum atomic E-state index is 13.4. The second-order valence-corrected chi connectivity index (χ2v) is 13.3. The van der Waals surface area contributed by atoms with Gasteiger partial charge < -0.3 is 20.9 Å². The van der Waals surface area contributed by atoms with E-state index < -0.39 is 6.03 Å². The molecule has 47 heavy (non-hydrogen) atoms. The Morgan fingerprint density at radius 1 is 1.11 bits per heavy atom. The Morgan fingerprint density at radius 2 is 1.87 bits per heavy atom. The average Bonchev–Trinajstić information content (AvgIpc) is 3.48. The van der Waals surface area contributed by atoms with Gasteiger partial charge in [-0.2, -0.15) is 0 Å². The molecule has 1 fully saturated rings. The Balaban J connectivity index is 1.33. The van der Waals surface area contributed by atoms with Crippen molar-refractivity contribution in [3.05, 3.63) is 101 Å². The smallest absolute Gasteiger partial charge is 0.320 e. The zero-order chi connectivity index (χ0) is 33.7. The summed E-state index contributed by atoms with van der Waals surface area (Å²) in [6, 6.07) is 17.8. The van der Waals surface area contributed by atoms with Gasteiger partial charge in [-0.25, -0.2) is 9.79 Å². The Hall–Kier alpha value is -4.74. The number of aliphatic imine (C=N–C) groups is 1. The lowest BCUT2D eigenvalue weighted by atomic mass is 9.85. The number of aliphatic hydroxyl groups excluding tert-OH is 1. The first kappa shape index (κ1) is 33.6. The predicted octanol–water partition coefficient (Wildman–Crippen LogP) is 5.25. The molecule has 3 atom stereocenters. The van der Waals surface area contributed by atoms with Crippen LogP contribution < -0.4 is 26.6 Å². The fourth-order valence-corrected chi connectivity index (χ4v) is 5.99. The number of aliphatic hydroxyl groups is 1. The van der Waals surface area contributed by atoms with Gasteiger partial charge in [0.2, 0.25) is 0 Å². The van der Waals surface area contributed by atoms with Crippen molar-refractivity contribution >= 4 is 23.4 Å². The Labute approximate surface area is 276 Å². The fourth-order valence-electron chi connectivity index (χ4n) is 5.99. The van der Waals surface area contributed by atoms with Gasteiger partial charge in [-0.05, 0) is 80.2 Å². The molecule has 3 aromatic rings. The molecule has 2 amide bonds. The second-order valence-electron chi connectivity index (χ2n) is 13.3. The van der Waals surface area contributed by atoms with Gasteiger partial charge in [-0.1, -0.05) is 57.2 Å². The van der Waals surface area contributed by atoms with Crippen LogP contribution in [0.15, 0.2) is 83.6 Å². The number of aromatic nitrogens is 1. The number of nitrogens with one attached hydrogen (secondary N) is 4. The van der Waals surface area contributed by atoms with E-state index >= 15 is 0 Å². The van der Waals surface area contributed by atoms with E-state index in [1.807, 2.05) is 52.1 Å². The number of nitrogens with two attached hydrogens (primary N) is 1. The summed E-state index contributed by atoms with van der Waals surface area (Å²) in [6.45, 7) is 6.78. The van der Waals surface area contributed by atoms with Crippen molar-refractivity contribution in [2.24, 2.45) is 16.1 Å². The van der Waals surface area contributed by atoms with E-state index in [9.17, 15) is 9.90 Å². The number of hydrogen-bond acceptors (Lipinski definition) is 8. The first-order valence-electron chi connectivity index (χ1n) is 16.1. The van der Waals surface area contributed by atoms with Crippen LogP contribution in [0.25, 0.3) is 0 Å². The number of ether oxygens (including phenoxy) is 1. The quantitative estimate of drug-likeness (QED) is 0.153. The average molecular weight is 639 g/mol. The van der Waals surface area contributed by atoms with Gasteiger partial charge in [0.05, 0.1) is 30.6 Å². The highest BCUT2D eigenvalue weighted by molar-refractivity contribution is 6.05. The second kappa shape index (κ2) is 14.4. The monoisotopic (exact) mass is 638 g/mol. The van der Waals surface area contributed by atoms with Crippen LogP contribution in [0.3, 0.4) is 0 Å². The highest BCUT2D eigenvalue weighted by Crippen LogP contribution is 2.38. The molecule has 1 aliphatic heterocycles. The minimum atomic E-state index is -0.415. The number of allylic oxidation sites excluding steroid dienone is 1. The summed E-state index contributed by atoms with van der Waals surface area (Å²) >= 11 is 0. The molecule has 2 aliphatic rings. The Bertz CT molecular complexity index is 1740. The van der Waals surface area contributed by atoms with Crippen LogP contribution in [0, 0.1) is 16.2 Å². The summed E-state index contributed by atoms with van der Waals surface area (Å²) in [5.74, 6) is 1.25. The summed E-state index contributed by atoms with van der Waals surface area (Å²) in [5.41, 5.74) is 10.1. The molecule has 0 bridgehead atoms. The van der Waals surface area contributed by atoms with Gasteiger partial charge in [0.1, 0.15) is 29.0 Å². The molecule has 0 saturated carbocycles. The molecule has 0 unspecified atom stereocenters. The zero-order valence-corrected chi connectivity index (χ0v) is 27.6. The van der Waals surface area contributed by atoms with Crippen molar-refractivity contribution in [1.82, 2.24) is 20.1 Å². The van der Waals surface area contributed by atoms with Crippen LogP contribution in [0.5, 0.6) is 5.75 Å². The van der Waals surface area contributed by atoms with Crippen LogP contribution in [0.2, 0.25) is 0 Å². The molecule has 2 aromatic carbocycles. The van der Waals surface area contributed by atoms with Crippen LogP contribution in [0.4, 0.5) is 10.5 Å². The van der Waals surface area contributed by atoms with Gasteiger partial charge in [-0.15, -0.1) is 0 Å². The van der Waals surface area contributed by atoms with Crippen molar-refractivity contribution in [1.29, 1.82) is 10.8 Å². The summed E-state index contributed by atoms with van der Waals surface area (Å²) in [4.78, 5) is 20.2. The Morgan fingerprint density at radius 3 is 2.57 bits per heavy atom. The van der Waals surface area contributed by atoms with Crippen LogP contribution in [0.1, 0.15) is 75.3 Å². The third kappa shape index (κ3) is 8.16. The normalized spacial score (nSPS) is 20.4. The zero-order valence-electron chi connectivity index (χ0n) is 27.6. The maximum Gasteiger partial charge on any atom is 0.320 e. The first-order chi connectivity index (χ1) is 22.4. The molecular formula is C36H46N8O3. The molecule has 11 nitrogen and oxygen atoms in total. The minimum absolute atomic E-state index is 0.0237. The number of benzene rings is 2. The predicted molar refractivity (Wildman–Crippen MR) is 184 cm³/mol. The molecular weight excluding hydrogens is 592 g/mol. The molecule has 1 aliphatic carbocycles. The van der Waals surface area contributed by atoms with Crippen molar-refractivity contribution in [3.63, 3.8) is 0 Å². The van der Waals surface area contributed by atoms with E-state index in [2.05, 4.69) is 20.5 Å². The van der Waals surface area contributed by atoms with E-state index in [-0.39, 0.29) is 41.5 Å². The minimum Gasteiger partial charge on any atom is -0.484 e. The molecule has 0 radical (unpaired) electrons. The molecule has 248 valence electrons. The molecule has 0 spiro atoms. The molecule has 5 rings (SSSR count). The van der Waals surface area contributed by atoms with E-state index in [1.165, 1.54) is 0 Å². The summed E-state index contributed by atoms with van der Waals surface area (Å²) in [7, 11) is 2.02. The Kier molecular flexibility index (Phi) is 10.3. The number of likely N-dealkylation sites (N-methyl/N-ethyl adjacent to an activating group) is 1. The number of rotatable bonds is 7. The van der Waals surface area contributed by atoms with E-state index in [0.29, 0.717) is 41.4 Å². The fraction of sp³-hybridized carbons (Fsp3) is 0.389. The lowest BCUT2D eigenvalue weighted by Crippen LogP contribution is -2.42. The molecule has 1 saturated heterocycles. The third-order valence-corrected chi connectivity index (χ3v) is 8.78. The number of pyridine rings is 1. The van der Waals surface area contributed by atoms with Gasteiger partial charge in [0, 0.05) is 17.2 Å². The van der Waals surface area contributed by atoms with Crippen LogP contribution in [-0.4, -0.2) is 51.9 Å². The lowest BCUT2D eigenvalue weighted by Gasteiger charge is -2.32. The number of amides is 2. The number of carbonyl (C=O) groups is 1. The first-order valence-corrected chi connectivity index (χ1v) is 16.1. The van der Waals surface area contributed by atoms with E-state index in [1.54, 1.807) is 53.2 Å². The maximum absolute atomic E-state index is 13.4. The van der Waals surface area contributed by atoms with Crippen LogP contribution >= 0.6 is 0 Å². The molecule has 2 heterocycles. The summed E-state index contributed by atoms with van der Waals surface area (Å²) in [6.07, 6.45) is 6.38. The van der Waals surface area contributed by atoms with Gasteiger partial charge in [0.15, 0.2) is 0 Å². The molecule has 11 heteroatoms. The summed E-state index contributed by atoms with van der Waals surface area (Å²) in [5, 5.41) is 32.8. The summed E-state index contributed by atoms with van der Waals surface area (Å²) < 4.78 is 8.10. The standard InChI is InChI=1S/C36H46N8O3/c1-36(2,3)31(37)20-33(40-24-10-7-9-23(19-24)22-45)42-35(46)41-28-15-16-30(27-12-6-5-11-26(27)28)47-25-14-17-32(38)44(21-25)34(39)29-13-8-18-43(29)4/h5-7,9-12,14,17,19-21,28-30,38-39,45H,8,13,15-16,18,22,37H2,1-4H3,(H2,40,41,42,46)/t28-,29-,30+/m0/s1. The number of hydrogen-bond donors (Lipinski definition) is 6. The molecule has 7 N–H and O–H groups in total. The largest absolute Gasteiger partial charge is 0.484 e. The number of carbonyl (C=O) groups excluding carboxylic acids is 1. The number of fused-ring (bicyclic) bond motifs is 1. The number of amidine groups is 1. The van der Waals surface area contributed by atoms with E-state index in [4.69, 9.17) is 21.3 Å². The van der Waals surface area contributed by atoms with Crippen molar-refractivity contribution in [3.8, 4) is 5.75 Å². The van der Waals surface area contributed by atoms with Gasteiger partial charge in [0.25, 0.3) is 0 Å². The van der Waals surface area contributed by atoms with E-state index in [0.717, 1.165) is 30.5 Å². The van der Waals surface area contributed by atoms with Crippen molar-refractivity contribution in [2.45, 2.75) is 71.2 Å². The SMILES string of the molecule is CN1CCC[C@H]1C(=N)n1cc(O[C@@H]2CC[C@H](NC(=O)NC(C=C(N)C(C)(C)C)=Nc3cccc(CO)c3)c3ccccc32)ccc1=N. The number of urea groups is 1. The van der Waals surface area contributed by atoms with Gasteiger partial charge in [-0.3, -0.25) is 25.6 Å². The van der Waals surface area contributed by atoms with Crippen molar-refractivity contribution < 1.29 is 14.6 Å². The lowest BCUT2D eigenvalue weighted by molar-refractivity contribution is 0.171. The number of likely N-dealkylation sites (tertiary alicyclic amines) is 1. The third-order valence-electron chi connectivity index (χ3n) is 8.78. The van der Waals surface area contributed by atoms with Crippen LogP contribution in [-0.2, 0) is 6.61 Å². The van der Waals surface area contributed by atoms with Crippen molar-refractivity contribution in [2.75, 3.05) is 13.6 Å². The topological polar surface area (TPSA) is 165 Å². The number of nitrogens with zero attached hydrogens (tertiary/aromatic N) is 3.